The second kappa shape index (κ2) is 11.2. The molecule has 4 nitrogen and oxygen atoms in total. The summed E-state index contributed by atoms with van der Waals surface area (Å²) in [4.78, 5) is 12.4. The monoisotopic (exact) mass is 483 g/mol. The van der Waals surface area contributed by atoms with Crippen LogP contribution in [0.15, 0.2) is 57.6 Å². The lowest BCUT2D eigenvalue weighted by Gasteiger charge is -2.12. The van der Waals surface area contributed by atoms with Gasteiger partial charge in [-0.25, -0.2) is 0 Å². The summed E-state index contributed by atoms with van der Waals surface area (Å²) in [6, 6.07) is 12.1. The van der Waals surface area contributed by atoms with Crippen LogP contribution in [0, 0.1) is 0 Å². The van der Waals surface area contributed by atoms with E-state index < -0.39 is 0 Å². The second-order valence-electron chi connectivity index (χ2n) is 7.62. The van der Waals surface area contributed by atoms with Gasteiger partial charge in [0.2, 0.25) is 5.91 Å². The SMILES string of the molecule is CCCCCCNC(=O)/C=C(\C)c1cc2c(-c3cccc(Br)c3)coc2cc1OCC. The number of furan rings is 1. The van der Waals surface area contributed by atoms with Crippen LogP contribution in [-0.2, 0) is 4.79 Å². The number of carbonyl (C=O) groups is 1. The molecule has 0 unspecified atom stereocenters. The molecule has 1 heterocycles. The van der Waals surface area contributed by atoms with Crippen LogP contribution in [0.1, 0.15) is 52.0 Å². The molecule has 164 valence electrons. The summed E-state index contributed by atoms with van der Waals surface area (Å²) in [6.07, 6.45) is 7.96. The summed E-state index contributed by atoms with van der Waals surface area (Å²) in [5.41, 5.74) is 4.59. The van der Waals surface area contributed by atoms with Crippen LogP contribution in [-0.4, -0.2) is 19.1 Å². The maximum Gasteiger partial charge on any atom is 0.244 e. The maximum absolute atomic E-state index is 12.4. The molecular formula is C26H30BrNO3. The number of fused-ring (bicyclic) bond motifs is 1. The normalized spacial score (nSPS) is 11.7. The van der Waals surface area contributed by atoms with Crippen molar-refractivity contribution >= 4 is 38.4 Å². The van der Waals surface area contributed by atoms with Gasteiger partial charge in [0, 0.05) is 39.7 Å². The third-order valence-electron chi connectivity index (χ3n) is 5.21. The van der Waals surface area contributed by atoms with E-state index in [0.717, 1.165) is 56.3 Å². The van der Waals surface area contributed by atoms with Crippen molar-refractivity contribution in [1.29, 1.82) is 0 Å². The van der Waals surface area contributed by atoms with E-state index >= 15 is 0 Å². The first-order chi connectivity index (χ1) is 15.0. The molecule has 0 aliphatic carbocycles. The number of amides is 1. The molecule has 0 aliphatic heterocycles. The molecular weight excluding hydrogens is 454 g/mol. The molecule has 5 heteroatoms. The van der Waals surface area contributed by atoms with E-state index in [0.29, 0.717) is 13.2 Å². The number of halogens is 1. The zero-order valence-electron chi connectivity index (χ0n) is 18.5. The van der Waals surface area contributed by atoms with Crippen molar-refractivity contribution < 1.29 is 13.9 Å². The third-order valence-corrected chi connectivity index (χ3v) is 5.71. The number of rotatable bonds is 10. The number of nitrogens with one attached hydrogen (secondary N) is 1. The molecule has 0 saturated heterocycles. The van der Waals surface area contributed by atoms with Crippen molar-refractivity contribution in [3.8, 4) is 16.9 Å². The van der Waals surface area contributed by atoms with Crippen LogP contribution in [0.5, 0.6) is 5.75 Å². The lowest BCUT2D eigenvalue weighted by Crippen LogP contribution is -2.22. The standard InChI is InChI=1S/C26H30BrNO3/c1-4-6-7-8-12-28-26(29)13-18(3)21-15-22-23(19-10-9-11-20(27)14-19)17-31-25(22)16-24(21)30-5-2/h9-11,13-17H,4-8,12H2,1-3H3,(H,28,29)/b18-13+. The largest absolute Gasteiger partial charge is 0.493 e. The van der Waals surface area contributed by atoms with E-state index in [1.165, 1.54) is 12.8 Å². The topological polar surface area (TPSA) is 51.5 Å². The van der Waals surface area contributed by atoms with Crippen LogP contribution in [0.4, 0.5) is 0 Å². The van der Waals surface area contributed by atoms with E-state index in [4.69, 9.17) is 9.15 Å². The molecule has 2 aromatic carbocycles. The van der Waals surface area contributed by atoms with Gasteiger partial charge in [-0.1, -0.05) is 54.2 Å². The van der Waals surface area contributed by atoms with Crippen molar-refractivity contribution in [2.75, 3.05) is 13.2 Å². The van der Waals surface area contributed by atoms with Gasteiger partial charge in [0.25, 0.3) is 0 Å². The lowest BCUT2D eigenvalue weighted by atomic mass is 9.99. The zero-order chi connectivity index (χ0) is 22.2. The highest BCUT2D eigenvalue weighted by molar-refractivity contribution is 9.10. The Kier molecular flexibility index (Phi) is 8.35. The highest BCUT2D eigenvalue weighted by Crippen LogP contribution is 2.38. The van der Waals surface area contributed by atoms with Crippen molar-refractivity contribution in [2.45, 2.75) is 46.5 Å². The van der Waals surface area contributed by atoms with Crippen molar-refractivity contribution in [3.05, 3.63) is 58.8 Å². The van der Waals surface area contributed by atoms with Crippen LogP contribution in [0.25, 0.3) is 27.7 Å². The number of ether oxygens (including phenoxy) is 1. The van der Waals surface area contributed by atoms with Crippen molar-refractivity contribution in [1.82, 2.24) is 5.32 Å². The molecule has 31 heavy (non-hydrogen) atoms. The number of carbonyl (C=O) groups excluding carboxylic acids is 1. The molecule has 0 atom stereocenters. The average Bonchev–Trinajstić information content (AvgIpc) is 3.16. The Labute approximate surface area is 192 Å². The minimum atomic E-state index is -0.0732. The first kappa shape index (κ1) is 23.1. The van der Waals surface area contributed by atoms with Gasteiger partial charge in [-0.15, -0.1) is 0 Å². The third kappa shape index (κ3) is 6.01. The molecule has 3 rings (SSSR count). The fraction of sp³-hybridized carbons (Fsp3) is 0.346. The summed E-state index contributed by atoms with van der Waals surface area (Å²) in [7, 11) is 0. The molecule has 3 aromatic rings. The molecule has 0 bridgehead atoms. The summed E-state index contributed by atoms with van der Waals surface area (Å²) in [5, 5.41) is 3.98. The number of allylic oxidation sites excluding steroid dienone is 1. The number of hydrogen-bond acceptors (Lipinski definition) is 3. The second-order valence-corrected chi connectivity index (χ2v) is 8.53. The smallest absolute Gasteiger partial charge is 0.244 e. The van der Waals surface area contributed by atoms with Gasteiger partial charge in [-0.2, -0.15) is 0 Å². The predicted octanol–water partition coefficient (Wildman–Crippen LogP) is 7.36. The summed E-state index contributed by atoms with van der Waals surface area (Å²) < 4.78 is 12.7. The molecule has 0 saturated carbocycles. The Morgan fingerprint density at radius 3 is 2.74 bits per heavy atom. The zero-order valence-corrected chi connectivity index (χ0v) is 20.1. The number of unbranched alkanes of at least 4 members (excludes halogenated alkanes) is 3. The number of benzene rings is 2. The Balaban J connectivity index is 1.91. The van der Waals surface area contributed by atoms with Crippen LogP contribution in [0.3, 0.4) is 0 Å². The Hall–Kier alpha value is -2.53. The van der Waals surface area contributed by atoms with Gasteiger partial charge >= 0.3 is 0 Å². The summed E-state index contributed by atoms with van der Waals surface area (Å²) in [6.45, 7) is 7.31. The van der Waals surface area contributed by atoms with E-state index in [2.05, 4.69) is 46.4 Å². The van der Waals surface area contributed by atoms with Gasteiger partial charge in [0.05, 0.1) is 12.9 Å². The van der Waals surface area contributed by atoms with Crippen molar-refractivity contribution in [2.24, 2.45) is 0 Å². The Morgan fingerprint density at radius 1 is 1.16 bits per heavy atom. The van der Waals surface area contributed by atoms with Gasteiger partial charge < -0.3 is 14.5 Å². The number of hydrogen-bond donors (Lipinski definition) is 1. The van der Waals surface area contributed by atoms with Gasteiger partial charge in [0.15, 0.2) is 0 Å². The van der Waals surface area contributed by atoms with Crippen molar-refractivity contribution in [3.63, 3.8) is 0 Å². The first-order valence-electron chi connectivity index (χ1n) is 10.9. The quantitative estimate of drug-likeness (QED) is 0.242. The van der Waals surface area contributed by atoms with Gasteiger partial charge in [-0.3, -0.25) is 4.79 Å². The fourth-order valence-electron chi connectivity index (χ4n) is 3.61. The lowest BCUT2D eigenvalue weighted by molar-refractivity contribution is -0.116. The van der Waals surface area contributed by atoms with Gasteiger partial charge in [0.1, 0.15) is 11.3 Å². The van der Waals surface area contributed by atoms with E-state index in [-0.39, 0.29) is 5.91 Å². The van der Waals surface area contributed by atoms with Gasteiger partial charge in [-0.05, 0) is 49.6 Å². The van der Waals surface area contributed by atoms with E-state index in [1.807, 2.05) is 32.0 Å². The molecule has 0 radical (unpaired) electrons. The summed E-state index contributed by atoms with van der Waals surface area (Å²) >= 11 is 3.54. The molecule has 1 aromatic heterocycles. The van der Waals surface area contributed by atoms with Crippen LogP contribution < -0.4 is 10.1 Å². The van der Waals surface area contributed by atoms with Crippen LogP contribution in [0.2, 0.25) is 0 Å². The van der Waals surface area contributed by atoms with Crippen LogP contribution >= 0.6 is 15.9 Å². The predicted molar refractivity (Wildman–Crippen MR) is 131 cm³/mol. The highest BCUT2D eigenvalue weighted by Gasteiger charge is 2.15. The molecule has 1 amide bonds. The Bertz CT molecular complexity index is 1070. The molecule has 0 spiro atoms. The highest BCUT2D eigenvalue weighted by atomic mass is 79.9. The minimum absolute atomic E-state index is 0.0732. The minimum Gasteiger partial charge on any atom is -0.493 e. The van der Waals surface area contributed by atoms with E-state index in [9.17, 15) is 4.79 Å². The first-order valence-corrected chi connectivity index (χ1v) is 11.7. The van der Waals surface area contributed by atoms with E-state index in [1.54, 1.807) is 12.3 Å². The Morgan fingerprint density at radius 2 is 2.00 bits per heavy atom. The molecule has 0 aliphatic rings. The fourth-order valence-corrected chi connectivity index (χ4v) is 4.01. The summed E-state index contributed by atoms with van der Waals surface area (Å²) in [5.74, 6) is 0.644. The maximum atomic E-state index is 12.4. The molecule has 0 fully saturated rings. The average molecular weight is 484 g/mol. The molecule has 1 N–H and O–H groups in total.